The van der Waals surface area contributed by atoms with Crippen LogP contribution in [0.2, 0.25) is 0 Å². The standard InChI is InChI=1S/C21H29N7O2S/c1-4-5-6-7-12-8-10-13(11-9-12)14(22)18(29)23-15-19(30)28-16(17-24-26-27-25-17)21(2,3)31-20(15)28/h8-11,14-16,20H,4-7,22H2,1-3H3,(H,23,29)(H,24,25,26,27)/t14?,15?,16?,20-/m0/s1. The summed E-state index contributed by atoms with van der Waals surface area (Å²) < 4.78 is -0.295. The summed E-state index contributed by atoms with van der Waals surface area (Å²) in [6, 6.07) is 6.17. The molecule has 0 spiro atoms. The third kappa shape index (κ3) is 4.06. The van der Waals surface area contributed by atoms with E-state index < -0.39 is 12.1 Å². The number of aryl methyl sites for hydroxylation is 1. The Labute approximate surface area is 185 Å². The number of benzene rings is 1. The molecule has 4 atom stereocenters. The number of rotatable bonds is 8. The number of carbonyl (C=O) groups is 2. The summed E-state index contributed by atoms with van der Waals surface area (Å²) in [5.74, 6) is 0.0603. The van der Waals surface area contributed by atoms with Crippen LogP contribution in [-0.4, -0.2) is 53.5 Å². The number of β-lactam (4-membered cyclic amide) rings is 1. The molecule has 0 bridgehead atoms. The number of fused-ring (bicyclic) bond motifs is 1. The van der Waals surface area contributed by atoms with Crippen molar-refractivity contribution in [2.45, 2.75) is 74.7 Å². The molecule has 3 heterocycles. The second-order valence-electron chi connectivity index (χ2n) is 8.71. The van der Waals surface area contributed by atoms with E-state index in [9.17, 15) is 9.59 Å². The number of hydrogen-bond donors (Lipinski definition) is 3. The summed E-state index contributed by atoms with van der Waals surface area (Å²) in [6.07, 6.45) is 4.58. The quantitative estimate of drug-likeness (QED) is 0.419. The van der Waals surface area contributed by atoms with Crippen molar-refractivity contribution in [1.82, 2.24) is 30.8 Å². The molecule has 9 nitrogen and oxygen atoms in total. The molecule has 2 aromatic rings. The van der Waals surface area contributed by atoms with Crippen LogP contribution in [-0.2, 0) is 16.0 Å². The summed E-state index contributed by atoms with van der Waals surface area (Å²) >= 11 is 1.63. The number of aromatic nitrogens is 4. The Hall–Kier alpha value is -2.46. The average molecular weight is 444 g/mol. The molecule has 2 aliphatic rings. The topological polar surface area (TPSA) is 130 Å². The highest BCUT2D eigenvalue weighted by Crippen LogP contribution is 2.56. The highest BCUT2D eigenvalue weighted by atomic mass is 32.2. The minimum atomic E-state index is -0.819. The number of thioether (sulfide) groups is 1. The maximum absolute atomic E-state index is 12.9. The van der Waals surface area contributed by atoms with Gasteiger partial charge in [0.1, 0.15) is 23.5 Å². The van der Waals surface area contributed by atoms with Crippen molar-refractivity contribution in [2.75, 3.05) is 0 Å². The minimum Gasteiger partial charge on any atom is -0.340 e. The summed E-state index contributed by atoms with van der Waals surface area (Å²) in [5.41, 5.74) is 8.19. The van der Waals surface area contributed by atoms with E-state index in [2.05, 4.69) is 32.9 Å². The molecule has 31 heavy (non-hydrogen) atoms. The van der Waals surface area contributed by atoms with Crippen LogP contribution in [0.15, 0.2) is 24.3 Å². The Bertz CT molecular complexity index is 932. The highest BCUT2D eigenvalue weighted by molar-refractivity contribution is 8.01. The van der Waals surface area contributed by atoms with Crippen LogP contribution in [0, 0.1) is 0 Å². The molecule has 2 fully saturated rings. The van der Waals surface area contributed by atoms with E-state index in [1.165, 1.54) is 18.4 Å². The first-order valence-electron chi connectivity index (χ1n) is 10.7. The molecule has 4 N–H and O–H groups in total. The number of unbranched alkanes of at least 4 members (excludes halogenated alkanes) is 2. The van der Waals surface area contributed by atoms with Gasteiger partial charge in [0.05, 0.1) is 0 Å². The molecule has 4 rings (SSSR count). The molecule has 166 valence electrons. The third-order valence-corrected chi connectivity index (χ3v) is 7.62. The van der Waals surface area contributed by atoms with Crippen LogP contribution in [0.3, 0.4) is 0 Å². The summed E-state index contributed by atoms with van der Waals surface area (Å²) in [6.45, 7) is 6.27. The number of nitrogens with zero attached hydrogens (tertiary/aromatic N) is 4. The van der Waals surface area contributed by atoms with E-state index in [-0.39, 0.29) is 28.0 Å². The molecular weight excluding hydrogens is 414 g/mol. The number of H-pyrrole nitrogens is 1. The predicted octanol–water partition coefficient (Wildman–Crippen LogP) is 1.85. The Balaban J connectivity index is 1.39. The number of nitrogens with one attached hydrogen (secondary N) is 2. The fraction of sp³-hybridized carbons (Fsp3) is 0.571. The van der Waals surface area contributed by atoms with E-state index in [0.717, 1.165) is 18.4 Å². The molecule has 0 radical (unpaired) electrons. The van der Waals surface area contributed by atoms with Gasteiger partial charge in [0.25, 0.3) is 0 Å². The summed E-state index contributed by atoms with van der Waals surface area (Å²) in [4.78, 5) is 27.4. The van der Waals surface area contributed by atoms with Crippen LogP contribution < -0.4 is 11.1 Å². The van der Waals surface area contributed by atoms with Crippen molar-refractivity contribution < 1.29 is 9.59 Å². The number of nitrogens with two attached hydrogens (primary N) is 1. The zero-order valence-electron chi connectivity index (χ0n) is 18.0. The van der Waals surface area contributed by atoms with Crippen molar-refractivity contribution in [1.29, 1.82) is 0 Å². The van der Waals surface area contributed by atoms with Crippen LogP contribution in [0.25, 0.3) is 0 Å². The third-order valence-electron chi connectivity index (χ3n) is 6.05. The lowest BCUT2D eigenvalue weighted by Crippen LogP contribution is -2.68. The fourth-order valence-corrected chi connectivity index (χ4v) is 5.97. The van der Waals surface area contributed by atoms with Crippen molar-refractivity contribution in [3.8, 4) is 0 Å². The number of aromatic amines is 1. The molecule has 2 aliphatic heterocycles. The van der Waals surface area contributed by atoms with E-state index in [4.69, 9.17) is 5.73 Å². The second-order valence-corrected chi connectivity index (χ2v) is 10.5. The largest absolute Gasteiger partial charge is 0.340 e. The molecule has 2 amide bonds. The molecule has 0 saturated carbocycles. The Morgan fingerprint density at radius 1 is 1.32 bits per heavy atom. The SMILES string of the molecule is CCCCCc1ccc(C(N)C(=O)NC2C(=O)N3C(c4nnn[nH]4)C(C)(C)S[C@@H]23)cc1. The lowest BCUT2D eigenvalue weighted by Gasteiger charge is -2.44. The number of amides is 2. The normalized spacial score (nSPS) is 25.1. The number of hydrogen-bond acceptors (Lipinski definition) is 7. The number of tetrazole rings is 1. The van der Waals surface area contributed by atoms with Gasteiger partial charge in [-0.25, -0.2) is 5.10 Å². The van der Waals surface area contributed by atoms with Gasteiger partial charge in [-0.3, -0.25) is 9.59 Å². The zero-order valence-corrected chi connectivity index (χ0v) is 18.9. The van der Waals surface area contributed by atoms with Gasteiger partial charge in [-0.05, 0) is 48.2 Å². The van der Waals surface area contributed by atoms with Gasteiger partial charge in [-0.2, -0.15) is 0 Å². The lowest BCUT2D eigenvalue weighted by atomic mass is 9.95. The van der Waals surface area contributed by atoms with Crippen molar-refractivity contribution in [3.05, 3.63) is 41.2 Å². The maximum atomic E-state index is 12.9. The molecule has 1 aromatic heterocycles. The molecule has 3 unspecified atom stereocenters. The first-order valence-corrected chi connectivity index (χ1v) is 11.6. The van der Waals surface area contributed by atoms with Gasteiger partial charge in [0.2, 0.25) is 11.8 Å². The fourth-order valence-electron chi connectivity index (χ4n) is 4.34. The van der Waals surface area contributed by atoms with Crippen LogP contribution >= 0.6 is 11.8 Å². The first kappa shape index (κ1) is 21.8. The van der Waals surface area contributed by atoms with Crippen molar-refractivity contribution in [2.24, 2.45) is 5.73 Å². The average Bonchev–Trinajstić information content (AvgIpc) is 3.36. The Morgan fingerprint density at radius 2 is 2.06 bits per heavy atom. The summed E-state index contributed by atoms with van der Waals surface area (Å²) in [7, 11) is 0. The lowest BCUT2D eigenvalue weighted by molar-refractivity contribution is -0.152. The van der Waals surface area contributed by atoms with E-state index in [0.29, 0.717) is 5.82 Å². The van der Waals surface area contributed by atoms with Gasteiger partial charge >= 0.3 is 0 Å². The monoisotopic (exact) mass is 443 g/mol. The van der Waals surface area contributed by atoms with E-state index in [1.54, 1.807) is 16.7 Å². The Morgan fingerprint density at radius 3 is 2.71 bits per heavy atom. The van der Waals surface area contributed by atoms with Gasteiger partial charge in [0, 0.05) is 4.75 Å². The minimum absolute atomic E-state index is 0.142. The van der Waals surface area contributed by atoms with Gasteiger partial charge in [0.15, 0.2) is 5.82 Å². The zero-order chi connectivity index (χ0) is 22.2. The summed E-state index contributed by atoms with van der Waals surface area (Å²) in [5, 5.41) is 16.7. The van der Waals surface area contributed by atoms with Crippen molar-refractivity contribution in [3.63, 3.8) is 0 Å². The van der Waals surface area contributed by atoms with Crippen LogP contribution in [0.5, 0.6) is 0 Å². The van der Waals surface area contributed by atoms with Gasteiger partial charge in [-0.15, -0.1) is 16.9 Å². The molecule has 2 saturated heterocycles. The first-order chi connectivity index (χ1) is 14.8. The van der Waals surface area contributed by atoms with Gasteiger partial charge in [-0.1, -0.05) is 44.0 Å². The van der Waals surface area contributed by atoms with Crippen LogP contribution in [0.1, 0.15) is 69.1 Å². The molecule has 1 aromatic carbocycles. The predicted molar refractivity (Wildman–Crippen MR) is 118 cm³/mol. The molecular formula is C21H29N7O2S. The van der Waals surface area contributed by atoms with E-state index >= 15 is 0 Å². The maximum Gasteiger partial charge on any atom is 0.249 e. The van der Waals surface area contributed by atoms with Crippen LogP contribution in [0.4, 0.5) is 0 Å². The molecule has 0 aliphatic carbocycles. The Kier molecular flexibility index (Phi) is 6.02. The van der Waals surface area contributed by atoms with E-state index in [1.807, 2.05) is 38.1 Å². The smallest absolute Gasteiger partial charge is 0.249 e. The number of carbonyl (C=O) groups excluding carboxylic acids is 2. The molecule has 10 heteroatoms. The van der Waals surface area contributed by atoms with Gasteiger partial charge < -0.3 is 16.0 Å². The second kappa shape index (κ2) is 8.58. The highest BCUT2D eigenvalue weighted by Gasteiger charge is 2.63. The van der Waals surface area contributed by atoms with Crippen molar-refractivity contribution >= 4 is 23.6 Å².